The minimum Gasteiger partial charge on any atom is -0.478 e. The van der Waals surface area contributed by atoms with Gasteiger partial charge in [0.15, 0.2) is 0 Å². The number of aliphatic carboxylic acids is 1. The van der Waals surface area contributed by atoms with Crippen LogP contribution in [0.2, 0.25) is 0 Å². The van der Waals surface area contributed by atoms with Crippen molar-refractivity contribution in [2.45, 2.75) is 19.8 Å². The molecule has 1 N–H and O–H groups in total. The summed E-state index contributed by atoms with van der Waals surface area (Å²) in [6.07, 6.45) is 0.831. The van der Waals surface area contributed by atoms with E-state index in [0.29, 0.717) is 18.2 Å². The van der Waals surface area contributed by atoms with Crippen molar-refractivity contribution in [3.63, 3.8) is 0 Å². The molecule has 0 saturated heterocycles. The van der Waals surface area contributed by atoms with Gasteiger partial charge in [-0.05, 0) is 12.8 Å². The fourth-order valence-electron chi connectivity index (χ4n) is 0.771. The summed E-state index contributed by atoms with van der Waals surface area (Å²) in [5.41, 5.74) is 0.139. The summed E-state index contributed by atoms with van der Waals surface area (Å²) in [6.45, 7) is 5.37. The lowest BCUT2D eigenvalue weighted by Gasteiger charge is -2.08. The van der Waals surface area contributed by atoms with Crippen molar-refractivity contribution in [3.8, 4) is 0 Å². The summed E-state index contributed by atoms with van der Waals surface area (Å²) in [5, 5.41) is 9.07. The predicted octanol–water partition coefficient (Wildman–Crippen LogP) is 1.98. The molecule has 1 unspecified atom stereocenters. The summed E-state index contributed by atoms with van der Waals surface area (Å²) >= 11 is 3.17. The summed E-state index contributed by atoms with van der Waals surface area (Å²) in [7, 11) is 0. The molecule has 1 atom stereocenters. The van der Waals surface area contributed by atoms with Gasteiger partial charge in [0.2, 0.25) is 0 Å². The molecule has 0 amide bonds. The standard InChI is InChI=1S/C10H15BrO4/c1-7(9(12)13)4-3-5-15-10(14)8(2)6-11/h8H,1,3-6H2,2H3,(H,12,13). The molecule has 0 aromatic carbocycles. The monoisotopic (exact) mass is 278 g/mol. The number of ether oxygens (including phenoxy) is 1. The third-order valence-corrected chi connectivity index (χ3v) is 2.77. The molecular formula is C10H15BrO4. The van der Waals surface area contributed by atoms with E-state index < -0.39 is 5.97 Å². The number of esters is 1. The molecule has 86 valence electrons. The van der Waals surface area contributed by atoms with Gasteiger partial charge >= 0.3 is 11.9 Å². The SMILES string of the molecule is C=C(CCCOC(=O)C(C)CBr)C(=O)O. The molecule has 0 saturated carbocycles. The maximum absolute atomic E-state index is 11.2. The van der Waals surface area contributed by atoms with E-state index in [1.165, 1.54) is 0 Å². The van der Waals surface area contributed by atoms with Crippen molar-refractivity contribution >= 4 is 27.9 Å². The van der Waals surface area contributed by atoms with Crippen molar-refractivity contribution in [2.24, 2.45) is 5.92 Å². The lowest BCUT2D eigenvalue weighted by atomic mass is 10.2. The molecule has 0 aliphatic rings. The Morgan fingerprint density at radius 3 is 2.60 bits per heavy atom. The van der Waals surface area contributed by atoms with Gasteiger partial charge in [-0.2, -0.15) is 0 Å². The van der Waals surface area contributed by atoms with Gasteiger partial charge in [0.05, 0.1) is 12.5 Å². The first-order valence-electron chi connectivity index (χ1n) is 4.62. The van der Waals surface area contributed by atoms with Crippen LogP contribution < -0.4 is 0 Å². The van der Waals surface area contributed by atoms with Crippen molar-refractivity contribution in [3.05, 3.63) is 12.2 Å². The minimum atomic E-state index is -1.00. The zero-order valence-electron chi connectivity index (χ0n) is 8.66. The average molecular weight is 279 g/mol. The van der Waals surface area contributed by atoms with Crippen LogP contribution in [-0.2, 0) is 14.3 Å². The fraction of sp³-hybridized carbons (Fsp3) is 0.600. The highest BCUT2D eigenvalue weighted by atomic mass is 79.9. The Morgan fingerprint density at radius 2 is 2.13 bits per heavy atom. The number of halogens is 1. The zero-order valence-corrected chi connectivity index (χ0v) is 10.2. The van der Waals surface area contributed by atoms with E-state index in [1.807, 2.05) is 0 Å². The van der Waals surface area contributed by atoms with Gasteiger partial charge in [-0.15, -0.1) is 0 Å². The van der Waals surface area contributed by atoms with Gasteiger partial charge in [-0.1, -0.05) is 29.4 Å². The summed E-state index contributed by atoms with van der Waals surface area (Å²) < 4.78 is 4.92. The van der Waals surface area contributed by atoms with Gasteiger partial charge in [-0.25, -0.2) is 4.79 Å². The highest BCUT2D eigenvalue weighted by Crippen LogP contribution is 2.06. The highest BCUT2D eigenvalue weighted by molar-refractivity contribution is 9.09. The third kappa shape index (κ3) is 6.28. The van der Waals surface area contributed by atoms with Crippen molar-refractivity contribution in [1.82, 2.24) is 0 Å². The first-order chi connectivity index (χ1) is 6.99. The quantitative estimate of drug-likeness (QED) is 0.335. The van der Waals surface area contributed by atoms with Crippen molar-refractivity contribution in [1.29, 1.82) is 0 Å². The molecule has 15 heavy (non-hydrogen) atoms. The molecule has 0 heterocycles. The number of carboxylic acids is 1. The third-order valence-electron chi connectivity index (χ3n) is 1.80. The molecule has 0 aliphatic heterocycles. The first kappa shape index (κ1) is 14.2. The second-order valence-corrected chi connectivity index (χ2v) is 3.88. The number of carboxylic acid groups (broad SMARTS) is 1. The molecule has 0 spiro atoms. The Morgan fingerprint density at radius 1 is 1.53 bits per heavy atom. The predicted molar refractivity (Wildman–Crippen MR) is 59.9 cm³/mol. The van der Waals surface area contributed by atoms with Crippen LogP contribution in [0.3, 0.4) is 0 Å². The molecule has 4 nitrogen and oxygen atoms in total. The second-order valence-electron chi connectivity index (χ2n) is 3.24. The Balaban J connectivity index is 3.59. The second kappa shape index (κ2) is 7.45. The van der Waals surface area contributed by atoms with Crippen LogP contribution in [0, 0.1) is 5.92 Å². The molecule has 0 fully saturated rings. The van der Waals surface area contributed by atoms with Gasteiger partial charge in [0.25, 0.3) is 0 Å². The van der Waals surface area contributed by atoms with Gasteiger partial charge in [-0.3, -0.25) is 4.79 Å². The Kier molecular flexibility index (Phi) is 7.03. The number of hydrogen-bond acceptors (Lipinski definition) is 3. The minimum absolute atomic E-state index is 0.139. The maximum Gasteiger partial charge on any atom is 0.330 e. The normalized spacial score (nSPS) is 11.9. The van der Waals surface area contributed by atoms with E-state index in [2.05, 4.69) is 22.5 Å². The smallest absolute Gasteiger partial charge is 0.330 e. The van der Waals surface area contributed by atoms with E-state index in [4.69, 9.17) is 9.84 Å². The topological polar surface area (TPSA) is 63.6 Å². The van der Waals surface area contributed by atoms with Crippen LogP contribution in [0.25, 0.3) is 0 Å². The first-order valence-corrected chi connectivity index (χ1v) is 5.74. The van der Waals surface area contributed by atoms with Crippen molar-refractivity contribution < 1.29 is 19.4 Å². The van der Waals surface area contributed by atoms with E-state index in [9.17, 15) is 9.59 Å². The number of rotatable bonds is 7. The van der Waals surface area contributed by atoms with Gasteiger partial charge < -0.3 is 9.84 Å². The summed E-state index contributed by atoms with van der Waals surface area (Å²) in [4.78, 5) is 21.5. The number of hydrogen-bond donors (Lipinski definition) is 1. The molecule has 0 radical (unpaired) electrons. The van der Waals surface area contributed by atoms with Crippen LogP contribution in [0.1, 0.15) is 19.8 Å². The summed E-state index contributed by atoms with van der Waals surface area (Å²) in [6, 6.07) is 0. The zero-order chi connectivity index (χ0) is 11.8. The van der Waals surface area contributed by atoms with Gasteiger partial charge in [0, 0.05) is 10.9 Å². The molecule has 0 rings (SSSR count). The largest absolute Gasteiger partial charge is 0.478 e. The average Bonchev–Trinajstić information content (AvgIpc) is 2.22. The van der Waals surface area contributed by atoms with E-state index in [1.54, 1.807) is 6.92 Å². The Labute approximate surface area is 97.4 Å². The van der Waals surface area contributed by atoms with Crippen LogP contribution in [-0.4, -0.2) is 29.0 Å². The number of alkyl halides is 1. The van der Waals surface area contributed by atoms with E-state index in [0.717, 1.165) is 0 Å². The summed E-state index contributed by atoms with van der Waals surface area (Å²) in [5.74, 6) is -1.45. The van der Waals surface area contributed by atoms with E-state index in [-0.39, 0.29) is 24.1 Å². The molecular weight excluding hydrogens is 264 g/mol. The van der Waals surface area contributed by atoms with Crippen LogP contribution in [0.5, 0.6) is 0 Å². The maximum atomic E-state index is 11.2. The molecule has 0 aliphatic carbocycles. The highest BCUT2D eigenvalue weighted by Gasteiger charge is 2.12. The van der Waals surface area contributed by atoms with Crippen LogP contribution in [0.4, 0.5) is 0 Å². The molecule has 5 heteroatoms. The molecule has 0 aromatic heterocycles. The lowest BCUT2D eigenvalue weighted by molar-refractivity contribution is -0.147. The van der Waals surface area contributed by atoms with Crippen LogP contribution in [0.15, 0.2) is 12.2 Å². The molecule has 0 aromatic rings. The lowest BCUT2D eigenvalue weighted by Crippen LogP contribution is -2.16. The van der Waals surface area contributed by atoms with Crippen LogP contribution >= 0.6 is 15.9 Å². The fourth-order valence-corrected chi connectivity index (χ4v) is 1.03. The van der Waals surface area contributed by atoms with Crippen molar-refractivity contribution in [2.75, 3.05) is 11.9 Å². The Bertz CT molecular complexity index is 250. The number of carbonyl (C=O) groups is 2. The van der Waals surface area contributed by atoms with Gasteiger partial charge in [0.1, 0.15) is 0 Å². The number of carbonyl (C=O) groups excluding carboxylic acids is 1. The molecule has 0 bridgehead atoms. The Hall–Kier alpha value is -0.840. The van der Waals surface area contributed by atoms with E-state index >= 15 is 0 Å².